The van der Waals surface area contributed by atoms with Gasteiger partial charge in [0.2, 0.25) is 0 Å². The third-order valence-corrected chi connectivity index (χ3v) is 4.29. The van der Waals surface area contributed by atoms with E-state index in [0.29, 0.717) is 35.4 Å². The molecule has 0 fully saturated rings. The van der Waals surface area contributed by atoms with Crippen LogP contribution < -0.4 is 16.0 Å². The number of aliphatic imine (C=N–C) groups is 1. The molecule has 0 saturated heterocycles. The van der Waals surface area contributed by atoms with E-state index in [-0.39, 0.29) is 5.82 Å². The van der Waals surface area contributed by atoms with Crippen molar-refractivity contribution in [2.75, 3.05) is 22.5 Å². The van der Waals surface area contributed by atoms with E-state index in [9.17, 15) is 9.18 Å². The molecule has 0 bridgehead atoms. The molecule has 8 heteroatoms. The van der Waals surface area contributed by atoms with Gasteiger partial charge in [-0.3, -0.25) is 4.99 Å². The normalized spacial score (nSPS) is 10.5. The van der Waals surface area contributed by atoms with Gasteiger partial charge in [0, 0.05) is 22.6 Å². The lowest BCUT2D eigenvalue weighted by Crippen LogP contribution is -2.19. The number of hydrogen-bond acceptors (Lipinski definition) is 5. The van der Waals surface area contributed by atoms with Gasteiger partial charge in [-0.2, -0.15) is 0 Å². The van der Waals surface area contributed by atoms with Crippen LogP contribution in [-0.4, -0.2) is 24.3 Å². The van der Waals surface area contributed by atoms with Gasteiger partial charge in [-0.1, -0.05) is 38.6 Å². The smallest absolute Gasteiger partial charge is 0.323 e. The topological polar surface area (TPSA) is 91.5 Å². The second-order valence-electron chi connectivity index (χ2n) is 6.54. The van der Waals surface area contributed by atoms with E-state index in [1.54, 1.807) is 24.4 Å². The molecule has 0 atom stereocenters. The first kappa shape index (κ1) is 25.1. The number of anilines is 4. The number of oxazole rings is 1. The number of aryl methyl sites for hydroxylation is 1. The first-order valence-corrected chi connectivity index (χ1v) is 10.4. The molecule has 1 aromatic heterocycles. The number of allylic oxidation sites excluding steroid dienone is 2. The summed E-state index contributed by atoms with van der Waals surface area (Å²) in [4.78, 5) is 20.3. The summed E-state index contributed by atoms with van der Waals surface area (Å²) in [7, 11) is 0. The summed E-state index contributed by atoms with van der Waals surface area (Å²) >= 11 is 0. The van der Waals surface area contributed by atoms with E-state index in [2.05, 4.69) is 39.2 Å². The van der Waals surface area contributed by atoms with Crippen molar-refractivity contribution < 1.29 is 13.6 Å². The van der Waals surface area contributed by atoms with Crippen molar-refractivity contribution in [3.63, 3.8) is 0 Å². The molecule has 33 heavy (non-hydrogen) atoms. The maximum absolute atomic E-state index is 13.0. The molecule has 2 aromatic carbocycles. The van der Waals surface area contributed by atoms with Gasteiger partial charge in [-0.25, -0.2) is 14.2 Å². The Morgan fingerprint density at radius 1 is 1.15 bits per heavy atom. The molecule has 0 aliphatic carbocycles. The lowest BCUT2D eigenvalue weighted by molar-refractivity contribution is 0.262. The van der Waals surface area contributed by atoms with Crippen LogP contribution in [0.15, 0.2) is 76.8 Å². The Balaban J connectivity index is 0.00000187. The van der Waals surface area contributed by atoms with Crippen molar-refractivity contribution in [1.82, 2.24) is 4.98 Å². The van der Waals surface area contributed by atoms with Gasteiger partial charge in [-0.15, -0.1) is 0 Å². The summed E-state index contributed by atoms with van der Waals surface area (Å²) < 4.78 is 18.7. The van der Waals surface area contributed by atoms with E-state index >= 15 is 0 Å². The third kappa shape index (κ3) is 7.46. The van der Waals surface area contributed by atoms with Gasteiger partial charge >= 0.3 is 6.03 Å². The quantitative estimate of drug-likeness (QED) is 0.260. The number of rotatable bonds is 8. The van der Waals surface area contributed by atoms with Gasteiger partial charge in [0.25, 0.3) is 6.01 Å². The van der Waals surface area contributed by atoms with Crippen LogP contribution in [0.1, 0.15) is 25.2 Å². The second-order valence-corrected chi connectivity index (χ2v) is 6.54. The monoisotopic (exact) mass is 449 g/mol. The number of nitrogens with zero attached hydrogens (tertiary/aromatic N) is 2. The number of carbonyl (C=O) groups excluding carboxylic acids is 1. The van der Waals surface area contributed by atoms with Crippen molar-refractivity contribution in [2.24, 2.45) is 4.99 Å². The summed E-state index contributed by atoms with van der Waals surface area (Å²) in [6, 6.07) is 10.7. The zero-order valence-corrected chi connectivity index (χ0v) is 19.0. The molecule has 2 amide bonds. The summed E-state index contributed by atoms with van der Waals surface area (Å²) in [5, 5.41) is 8.49. The third-order valence-electron chi connectivity index (χ3n) is 4.29. The summed E-state index contributed by atoms with van der Waals surface area (Å²) in [5.41, 5.74) is 3.44. The Morgan fingerprint density at radius 3 is 2.48 bits per heavy atom. The van der Waals surface area contributed by atoms with Crippen molar-refractivity contribution in [1.29, 1.82) is 0 Å². The molecule has 0 unspecified atom stereocenters. The molecular weight excluding hydrogens is 421 g/mol. The van der Waals surface area contributed by atoms with Crippen LogP contribution >= 0.6 is 0 Å². The van der Waals surface area contributed by atoms with Crippen molar-refractivity contribution in [3.8, 4) is 0 Å². The number of hydrogen-bond donors (Lipinski definition) is 3. The molecule has 0 aliphatic rings. The highest BCUT2D eigenvalue weighted by atomic mass is 19.1. The van der Waals surface area contributed by atoms with Crippen LogP contribution in [0.2, 0.25) is 0 Å². The first-order valence-electron chi connectivity index (χ1n) is 10.4. The number of benzene rings is 2. The molecule has 0 radical (unpaired) electrons. The molecule has 3 rings (SSSR count). The molecule has 0 aliphatic heterocycles. The molecule has 3 aromatic rings. The van der Waals surface area contributed by atoms with E-state index in [1.165, 1.54) is 24.3 Å². The fraction of sp³-hybridized carbons (Fsp3) is 0.160. The predicted molar refractivity (Wildman–Crippen MR) is 134 cm³/mol. The SMILES string of the molecule is C=CC(=CCN=C)c1cnc(Nc2cc(NC(=O)Nc3ccc(F)cc3)ccc2C)o1.CC. The number of carbonyl (C=O) groups is 1. The van der Waals surface area contributed by atoms with Crippen LogP contribution in [0.3, 0.4) is 0 Å². The van der Waals surface area contributed by atoms with Crippen LogP contribution in [0, 0.1) is 12.7 Å². The number of halogens is 1. The lowest BCUT2D eigenvalue weighted by atomic mass is 10.2. The minimum atomic E-state index is -0.448. The Kier molecular flexibility index (Phi) is 9.57. The number of aromatic nitrogens is 1. The van der Waals surface area contributed by atoms with Gasteiger partial charge in [0.1, 0.15) is 5.82 Å². The van der Waals surface area contributed by atoms with Gasteiger partial charge in [-0.05, 0) is 55.6 Å². The Hall–Kier alpha value is -4.20. The zero-order chi connectivity index (χ0) is 24.2. The minimum Gasteiger partial charge on any atom is -0.423 e. The lowest BCUT2D eigenvalue weighted by Gasteiger charge is -2.11. The molecule has 3 N–H and O–H groups in total. The Morgan fingerprint density at radius 2 is 1.82 bits per heavy atom. The fourth-order valence-electron chi connectivity index (χ4n) is 2.69. The van der Waals surface area contributed by atoms with E-state index < -0.39 is 6.03 Å². The predicted octanol–water partition coefficient (Wildman–Crippen LogP) is 6.81. The maximum atomic E-state index is 13.0. The molecular formula is C25H28FN5O2. The number of amides is 2. The second kappa shape index (κ2) is 12.6. The number of nitrogens with one attached hydrogen (secondary N) is 3. The van der Waals surface area contributed by atoms with Crippen LogP contribution in [-0.2, 0) is 0 Å². The van der Waals surface area contributed by atoms with Gasteiger partial charge in [0.05, 0.1) is 12.7 Å². The Bertz CT molecular complexity index is 1120. The molecule has 0 saturated carbocycles. The summed E-state index contributed by atoms with van der Waals surface area (Å²) in [6.07, 6.45) is 5.08. The summed E-state index contributed by atoms with van der Waals surface area (Å²) in [5.74, 6) is 0.176. The standard InChI is InChI=1S/C23H22FN5O2.C2H6/c1-4-16(11-12-25-3)21-14-26-23(31-21)29-20-13-19(8-5-15(20)2)28-22(30)27-18-9-6-17(24)7-10-18;1-2/h4-11,13-14H,1,3,12H2,2H3,(H,26,29)(H2,27,28,30);1-2H3. The van der Waals surface area contributed by atoms with E-state index in [4.69, 9.17) is 4.42 Å². The van der Waals surface area contributed by atoms with Crippen LogP contribution in [0.5, 0.6) is 0 Å². The molecule has 0 spiro atoms. The van der Waals surface area contributed by atoms with Gasteiger partial charge < -0.3 is 20.4 Å². The van der Waals surface area contributed by atoms with Crippen molar-refractivity contribution in [3.05, 3.63) is 84.5 Å². The first-order chi connectivity index (χ1) is 16.0. The van der Waals surface area contributed by atoms with E-state index in [1.807, 2.05) is 32.9 Å². The van der Waals surface area contributed by atoms with Crippen LogP contribution in [0.4, 0.5) is 32.3 Å². The summed E-state index contributed by atoms with van der Waals surface area (Å²) in [6.45, 7) is 13.6. The van der Waals surface area contributed by atoms with Crippen molar-refractivity contribution >= 4 is 41.4 Å². The average Bonchev–Trinajstić information content (AvgIpc) is 3.28. The molecule has 172 valence electrons. The average molecular weight is 450 g/mol. The number of urea groups is 1. The zero-order valence-electron chi connectivity index (χ0n) is 19.0. The highest BCUT2D eigenvalue weighted by molar-refractivity contribution is 6.00. The molecule has 1 heterocycles. The Labute approximate surface area is 193 Å². The van der Waals surface area contributed by atoms with Crippen molar-refractivity contribution in [2.45, 2.75) is 20.8 Å². The van der Waals surface area contributed by atoms with Crippen LogP contribution in [0.25, 0.3) is 5.57 Å². The maximum Gasteiger partial charge on any atom is 0.323 e. The largest absolute Gasteiger partial charge is 0.423 e. The van der Waals surface area contributed by atoms with E-state index in [0.717, 1.165) is 11.1 Å². The molecule has 7 nitrogen and oxygen atoms in total. The highest BCUT2D eigenvalue weighted by Gasteiger charge is 2.10. The minimum absolute atomic E-state index is 0.297. The highest BCUT2D eigenvalue weighted by Crippen LogP contribution is 2.26. The fourth-order valence-corrected chi connectivity index (χ4v) is 2.69. The van der Waals surface area contributed by atoms with Gasteiger partial charge in [0.15, 0.2) is 5.76 Å².